The molecule has 3 atom stereocenters. The molecule has 0 saturated carbocycles. The van der Waals surface area contributed by atoms with Crippen molar-refractivity contribution in [1.29, 1.82) is 0 Å². The molecule has 1 radical (unpaired) electrons. The molecule has 105 valence electrons. The highest BCUT2D eigenvalue weighted by atomic mass is 16.6. The molecular formula is C13H19N2O4. The third-order valence-electron chi connectivity index (χ3n) is 3.27. The molecule has 6 nitrogen and oxygen atoms in total. The fraction of sp³-hybridized carbons (Fsp3) is 0.538. The van der Waals surface area contributed by atoms with Gasteiger partial charge in [0, 0.05) is 6.61 Å². The fourth-order valence-electron chi connectivity index (χ4n) is 2.08. The number of aliphatic hydroxyl groups is 2. The van der Waals surface area contributed by atoms with Crippen molar-refractivity contribution in [3.8, 4) is 0 Å². The lowest BCUT2D eigenvalue weighted by molar-refractivity contribution is 0.00376. The summed E-state index contributed by atoms with van der Waals surface area (Å²) in [5, 5.41) is 31.5. The van der Waals surface area contributed by atoms with Crippen molar-refractivity contribution in [1.82, 2.24) is 0 Å². The van der Waals surface area contributed by atoms with Gasteiger partial charge >= 0.3 is 0 Å². The second-order valence-corrected chi connectivity index (χ2v) is 4.68. The van der Waals surface area contributed by atoms with Gasteiger partial charge in [-0.1, -0.05) is 17.3 Å². The van der Waals surface area contributed by atoms with E-state index < -0.39 is 18.4 Å². The third-order valence-corrected chi connectivity index (χ3v) is 3.27. The molecule has 1 aliphatic rings. The Kier molecular flexibility index (Phi) is 4.73. The lowest BCUT2D eigenvalue weighted by Crippen LogP contribution is -2.32. The van der Waals surface area contributed by atoms with E-state index in [2.05, 4.69) is 0 Å². The summed E-state index contributed by atoms with van der Waals surface area (Å²) < 4.78 is 5.31. The number of ether oxygens (including phenoxy) is 1. The van der Waals surface area contributed by atoms with Crippen molar-refractivity contribution < 1.29 is 20.2 Å². The Morgan fingerprint density at radius 2 is 2.11 bits per heavy atom. The molecule has 0 spiro atoms. The maximum atomic E-state index is 12.0. The number of nitrogens with two attached hydrogens (primary N) is 1. The van der Waals surface area contributed by atoms with Gasteiger partial charge in [-0.2, -0.15) is 5.06 Å². The van der Waals surface area contributed by atoms with Gasteiger partial charge in [-0.05, 0) is 30.5 Å². The van der Waals surface area contributed by atoms with E-state index in [1.54, 1.807) is 24.3 Å². The minimum Gasteiger partial charge on any atom is -0.395 e. The lowest BCUT2D eigenvalue weighted by atomic mass is 10.0. The Morgan fingerprint density at radius 1 is 1.42 bits per heavy atom. The third kappa shape index (κ3) is 3.23. The van der Waals surface area contributed by atoms with E-state index in [0.29, 0.717) is 17.9 Å². The van der Waals surface area contributed by atoms with E-state index in [1.165, 1.54) is 0 Å². The monoisotopic (exact) mass is 267 g/mol. The Hall–Kier alpha value is -1.18. The van der Waals surface area contributed by atoms with Crippen molar-refractivity contribution in [2.45, 2.75) is 31.2 Å². The minimum absolute atomic E-state index is 0.299. The summed E-state index contributed by atoms with van der Waals surface area (Å²) in [6, 6.07) is 5.78. The van der Waals surface area contributed by atoms with Gasteiger partial charge in [0.2, 0.25) is 0 Å². The van der Waals surface area contributed by atoms with Crippen LogP contribution in [0.25, 0.3) is 0 Å². The summed E-state index contributed by atoms with van der Waals surface area (Å²) in [5.74, 6) is 0. The van der Waals surface area contributed by atoms with Crippen LogP contribution in [-0.4, -0.2) is 35.7 Å². The van der Waals surface area contributed by atoms with Crippen LogP contribution in [0.15, 0.2) is 24.3 Å². The Bertz CT molecular complexity index is 392. The molecule has 0 aliphatic carbocycles. The molecule has 1 aromatic carbocycles. The molecule has 0 bridgehead atoms. The first-order valence-electron chi connectivity index (χ1n) is 6.36. The van der Waals surface area contributed by atoms with Crippen LogP contribution in [0.4, 0.5) is 5.69 Å². The van der Waals surface area contributed by atoms with Gasteiger partial charge in [0.15, 0.2) is 6.23 Å². The molecule has 1 heterocycles. The molecule has 4 N–H and O–H groups in total. The number of hydrogen-bond donors (Lipinski definition) is 3. The van der Waals surface area contributed by atoms with Crippen LogP contribution >= 0.6 is 0 Å². The standard InChI is InChI=1S/C13H19N2O4/c14-11(8-16)13(17)9-3-5-10(6-4-9)15(18)12-2-1-7-19-12/h3-6,11-13,16-17H,1-2,7-8,14H2/t11-,12?,13-/m0/s1. The van der Waals surface area contributed by atoms with Crippen LogP contribution in [0.5, 0.6) is 0 Å². The van der Waals surface area contributed by atoms with Gasteiger partial charge in [0.1, 0.15) is 0 Å². The molecule has 0 amide bonds. The highest BCUT2D eigenvalue weighted by Gasteiger charge is 2.24. The zero-order valence-electron chi connectivity index (χ0n) is 10.6. The van der Waals surface area contributed by atoms with E-state index >= 15 is 0 Å². The molecule has 1 aromatic rings. The first-order valence-corrected chi connectivity index (χ1v) is 6.36. The Balaban J connectivity index is 2.05. The summed E-state index contributed by atoms with van der Waals surface area (Å²) >= 11 is 0. The average molecular weight is 267 g/mol. The van der Waals surface area contributed by atoms with Crippen LogP contribution in [0.2, 0.25) is 0 Å². The van der Waals surface area contributed by atoms with Crippen molar-refractivity contribution in [2.75, 3.05) is 18.3 Å². The normalized spacial score (nSPS) is 22.2. The van der Waals surface area contributed by atoms with E-state index in [1.807, 2.05) is 0 Å². The number of anilines is 1. The largest absolute Gasteiger partial charge is 0.395 e. The highest BCUT2D eigenvalue weighted by Crippen LogP contribution is 2.24. The molecule has 6 heteroatoms. The molecule has 1 fully saturated rings. The topological polar surface area (TPSA) is 98.9 Å². The summed E-state index contributed by atoms with van der Waals surface area (Å²) in [6.45, 7) is 0.318. The van der Waals surface area contributed by atoms with E-state index in [9.17, 15) is 10.3 Å². The van der Waals surface area contributed by atoms with Crippen LogP contribution in [-0.2, 0) is 9.94 Å². The first kappa shape index (κ1) is 14.2. The summed E-state index contributed by atoms with van der Waals surface area (Å²) in [5.41, 5.74) is 6.62. The maximum Gasteiger partial charge on any atom is 0.157 e. The second kappa shape index (κ2) is 6.31. The molecule has 1 saturated heterocycles. The molecule has 2 rings (SSSR count). The lowest BCUT2D eigenvalue weighted by Gasteiger charge is -2.22. The molecular weight excluding hydrogens is 248 g/mol. The second-order valence-electron chi connectivity index (χ2n) is 4.68. The van der Waals surface area contributed by atoms with Crippen LogP contribution in [0.3, 0.4) is 0 Å². The van der Waals surface area contributed by atoms with Gasteiger partial charge in [0.25, 0.3) is 0 Å². The average Bonchev–Trinajstić information content (AvgIpc) is 2.99. The fourth-order valence-corrected chi connectivity index (χ4v) is 2.08. The Morgan fingerprint density at radius 3 is 2.63 bits per heavy atom. The van der Waals surface area contributed by atoms with Crippen LogP contribution < -0.4 is 10.8 Å². The molecule has 0 aromatic heterocycles. The van der Waals surface area contributed by atoms with Crippen LogP contribution in [0, 0.1) is 0 Å². The van der Waals surface area contributed by atoms with Crippen molar-refractivity contribution >= 4 is 5.69 Å². The van der Waals surface area contributed by atoms with Crippen molar-refractivity contribution in [2.24, 2.45) is 5.73 Å². The summed E-state index contributed by atoms with van der Waals surface area (Å²) in [4.78, 5) is 0. The zero-order chi connectivity index (χ0) is 13.8. The Labute approximate surface area is 112 Å². The van der Waals surface area contributed by atoms with Crippen molar-refractivity contribution in [3.63, 3.8) is 0 Å². The quantitative estimate of drug-likeness (QED) is 0.668. The van der Waals surface area contributed by atoms with Gasteiger partial charge in [0.05, 0.1) is 24.4 Å². The first-order chi connectivity index (χ1) is 9.13. The minimum atomic E-state index is -0.943. The molecule has 1 aliphatic heterocycles. The number of hydrogen-bond acceptors (Lipinski definition) is 5. The molecule has 1 unspecified atom stereocenters. The number of rotatable bonds is 5. The van der Waals surface area contributed by atoms with Crippen molar-refractivity contribution in [3.05, 3.63) is 29.8 Å². The van der Waals surface area contributed by atoms with Gasteiger partial charge < -0.3 is 20.7 Å². The van der Waals surface area contributed by atoms with Crippen LogP contribution in [0.1, 0.15) is 24.5 Å². The van der Waals surface area contributed by atoms with E-state index in [-0.39, 0.29) is 6.61 Å². The highest BCUT2D eigenvalue weighted by molar-refractivity contribution is 5.46. The number of nitrogens with zero attached hydrogens (tertiary/aromatic N) is 1. The molecule has 19 heavy (non-hydrogen) atoms. The number of hydroxylamine groups is 1. The summed E-state index contributed by atoms with van der Waals surface area (Å²) in [6.07, 6.45) is 0.256. The summed E-state index contributed by atoms with van der Waals surface area (Å²) in [7, 11) is 0. The van der Waals surface area contributed by atoms with E-state index in [4.69, 9.17) is 15.6 Å². The zero-order valence-corrected chi connectivity index (χ0v) is 10.6. The SMILES string of the molecule is N[C@@H](CO)[C@@H](O)c1ccc(N([O])C2CCCO2)cc1. The van der Waals surface area contributed by atoms with E-state index in [0.717, 1.165) is 17.9 Å². The predicted molar refractivity (Wildman–Crippen MR) is 68.6 cm³/mol. The smallest absolute Gasteiger partial charge is 0.157 e. The number of benzene rings is 1. The van der Waals surface area contributed by atoms with Gasteiger partial charge in [-0.15, -0.1) is 0 Å². The van der Waals surface area contributed by atoms with Gasteiger partial charge in [-0.3, -0.25) is 0 Å². The predicted octanol–water partition coefficient (Wildman–Crippen LogP) is 0.328. The van der Waals surface area contributed by atoms with Gasteiger partial charge in [-0.25, -0.2) is 0 Å². The maximum absolute atomic E-state index is 12.0. The number of aliphatic hydroxyl groups excluding tert-OH is 2.